The maximum atomic E-state index is 12.9. The Balaban J connectivity index is 2.15. The van der Waals surface area contributed by atoms with Gasteiger partial charge in [0.05, 0.1) is 11.0 Å². The first kappa shape index (κ1) is 16.6. The van der Waals surface area contributed by atoms with Crippen LogP contribution >= 0.6 is 0 Å². The van der Waals surface area contributed by atoms with E-state index in [0.29, 0.717) is 5.56 Å². The first-order valence-electron chi connectivity index (χ1n) is 6.77. The minimum absolute atomic E-state index is 0.00694. The highest BCUT2D eigenvalue weighted by atomic mass is 32.2. The zero-order valence-corrected chi connectivity index (χ0v) is 13.2. The molecular formula is C16H18FNO3S. The van der Waals surface area contributed by atoms with E-state index in [1.54, 1.807) is 12.1 Å². The van der Waals surface area contributed by atoms with E-state index in [1.807, 2.05) is 19.1 Å². The number of sulfonamides is 1. The molecule has 0 fully saturated rings. The lowest BCUT2D eigenvalue weighted by atomic mass is 10.1. The van der Waals surface area contributed by atoms with Crippen molar-refractivity contribution in [1.82, 2.24) is 4.31 Å². The molecule has 22 heavy (non-hydrogen) atoms. The molecule has 0 aromatic heterocycles. The van der Waals surface area contributed by atoms with E-state index < -0.39 is 21.9 Å². The van der Waals surface area contributed by atoms with E-state index in [9.17, 15) is 17.9 Å². The van der Waals surface area contributed by atoms with Gasteiger partial charge in [0.2, 0.25) is 10.0 Å². The fourth-order valence-electron chi connectivity index (χ4n) is 2.02. The Morgan fingerprint density at radius 1 is 1.09 bits per heavy atom. The van der Waals surface area contributed by atoms with Gasteiger partial charge in [0.1, 0.15) is 5.82 Å². The van der Waals surface area contributed by atoms with Crippen molar-refractivity contribution in [3.05, 3.63) is 65.5 Å². The first-order chi connectivity index (χ1) is 10.3. The molecule has 2 rings (SSSR count). The van der Waals surface area contributed by atoms with Crippen LogP contribution in [0.1, 0.15) is 17.2 Å². The van der Waals surface area contributed by atoms with Gasteiger partial charge in [0, 0.05) is 13.6 Å². The summed E-state index contributed by atoms with van der Waals surface area (Å²) in [6.45, 7) is 1.85. The van der Waals surface area contributed by atoms with Crippen molar-refractivity contribution in [1.29, 1.82) is 0 Å². The van der Waals surface area contributed by atoms with Crippen LogP contribution < -0.4 is 0 Å². The lowest BCUT2D eigenvalue weighted by molar-refractivity contribution is 0.155. The Morgan fingerprint density at radius 2 is 1.64 bits per heavy atom. The van der Waals surface area contributed by atoms with Crippen LogP contribution in [-0.4, -0.2) is 31.4 Å². The summed E-state index contributed by atoms with van der Waals surface area (Å²) in [5.41, 5.74) is 1.70. The van der Waals surface area contributed by atoms with Crippen LogP contribution in [0.25, 0.3) is 0 Å². The zero-order valence-electron chi connectivity index (χ0n) is 12.4. The molecular weight excluding hydrogens is 305 g/mol. The average molecular weight is 323 g/mol. The fourth-order valence-corrected chi connectivity index (χ4v) is 3.20. The van der Waals surface area contributed by atoms with E-state index >= 15 is 0 Å². The van der Waals surface area contributed by atoms with E-state index in [1.165, 1.54) is 19.2 Å². The van der Waals surface area contributed by atoms with Crippen LogP contribution in [-0.2, 0) is 10.0 Å². The van der Waals surface area contributed by atoms with Gasteiger partial charge in [0.15, 0.2) is 0 Å². The molecule has 0 amide bonds. The molecule has 0 bridgehead atoms. The Labute approximate surface area is 129 Å². The van der Waals surface area contributed by atoms with E-state index in [0.717, 1.165) is 22.0 Å². The number of nitrogens with zero attached hydrogens (tertiary/aromatic N) is 1. The van der Waals surface area contributed by atoms with Crippen molar-refractivity contribution in [3.8, 4) is 0 Å². The molecule has 0 saturated carbocycles. The van der Waals surface area contributed by atoms with Crippen LogP contribution in [0.2, 0.25) is 0 Å². The third-order valence-corrected chi connectivity index (χ3v) is 5.25. The normalized spacial score (nSPS) is 13.3. The highest BCUT2D eigenvalue weighted by Crippen LogP contribution is 2.20. The summed E-state index contributed by atoms with van der Waals surface area (Å²) in [6.07, 6.45) is -0.930. The third-order valence-electron chi connectivity index (χ3n) is 3.41. The van der Waals surface area contributed by atoms with Gasteiger partial charge in [-0.1, -0.05) is 29.8 Å². The van der Waals surface area contributed by atoms with Crippen LogP contribution in [0.3, 0.4) is 0 Å². The Hall–Kier alpha value is -1.76. The van der Waals surface area contributed by atoms with Gasteiger partial charge < -0.3 is 5.11 Å². The van der Waals surface area contributed by atoms with E-state index in [-0.39, 0.29) is 11.4 Å². The molecule has 0 aliphatic heterocycles. The number of benzene rings is 2. The molecule has 118 valence electrons. The molecule has 0 heterocycles. The molecule has 0 spiro atoms. The maximum absolute atomic E-state index is 12.9. The first-order valence-corrected chi connectivity index (χ1v) is 8.21. The minimum atomic E-state index is -3.76. The lowest BCUT2D eigenvalue weighted by Crippen LogP contribution is -2.31. The van der Waals surface area contributed by atoms with E-state index in [4.69, 9.17) is 0 Å². The number of hydrogen-bond donors (Lipinski definition) is 1. The van der Waals surface area contributed by atoms with Gasteiger partial charge in [-0.3, -0.25) is 0 Å². The van der Waals surface area contributed by atoms with Gasteiger partial charge in [-0.25, -0.2) is 12.8 Å². The van der Waals surface area contributed by atoms with Gasteiger partial charge in [-0.15, -0.1) is 0 Å². The molecule has 1 atom stereocenters. The number of likely N-dealkylation sites (N-methyl/N-ethyl adjacent to an activating group) is 1. The van der Waals surface area contributed by atoms with Crippen LogP contribution in [0.5, 0.6) is 0 Å². The molecule has 0 radical (unpaired) electrons. The lowest BCUT2D eigenvalue weighted by Gasteiger charge is -2.21. The number of halogens is 1. The molecule has 0 aliphatic carbocycles. The predicted molar refractivity (Wildman–Crippen MR) is 82.4 cm³/mol. The van der Waals surface area contributed by atoms with Crippen molar-refractivity contribution < 1.29 is 17.9 Å². The molecule has 0 aliphatic rings. The van der Waals surface area contributed by atoms with E-state index in [2.05, 4.69) is 0 Å². The third kappa shape index (κ3) is 3.71. The van der Waals surface area contributed by atoms with Crippen molar-refractivity contribution in [2.24, 2.45) is 0 Å². The highest BCUT2D eigenvalue weighted by molar-refractivity contribution is 7.89. The summed E-state index contributed by atoms with van der Waals surface area (Å²) in [5.74, 6) is -0.499. The number of aryl methyl sites for hydroxylation is 1. The van der Waals surface area contributed by atoms with Gasteiger partial charge in [-0.05, 0) is 36.8 Å². The van der Waals surface area contributed by atoms with Crippen molar-refractivity contribution in [3.63, 3.8) is 0 Å². The van der Waals surface area contributed by atoms with Gasteiger partial charge >= 0.3 is 0 Å². The second kappa shape index (κ2) is 6.56. The Morgan fingerprint density at radius 3 is 2.18 bits per heavy atom. The second-order valence-corrected chi connectivity index (χ2v) is 7.21. The highest BCUT2D eigenvalue weighted by Gasteiger charge is 2.23. The summed E-state index contributed by atoms with van der Waals surface area (Å²) in [7, 11) is -2.38. The average Bonchev–Trinajstić information content (AvgIpc) is 2.48. The molecule has 1 unspecified atom stereocenters. The maximum Gasteiger partial charge on any atom is 0.242 e. The fraction of sp³-hybridized carbons (Fsp3) is 0.250. The molecule has 0 saturated heterocycles. The molecule has 2 aromatic carbocycles. The number of hydrogen-bond acceptors (Lipinski definition) is 3. The molecule has 1 N–H and O–H groups in total. The molecule has 2 aromatic rings. The summed E-state index contributed by atoms with van der Waals surface area (Å²) in [4.78, 5) is -0.00694. The largest absolute Gasteiger partial charge is 0.387 e. The summed E-state index contributed by atoms with van der Waals surface area (Å²) < 4.78 is 38.7. The summed E-state index contributed by atoms with van der Waals surface area (Å²) in [6, 6.07) is 11.8. The van der Waals surface area contributed by atoms with Crippen LogP contribution in [0, 0.1) is 12.7 Å². The Bertz CT molecular complexity index is 727. The summed E-state index contributed by atoms with van der Waals surface area (Å²) in [5, 5.41) is 10.2. The van der Waals surface area contributed by atoms with Crippen LogP contribution in [0.15, 0.2) is 53.4 Å². The quantitative estimate of drug-likeness (QED) is 0.920. The predicted octanol–water partition coefficient (Wildman–Crippen LogP) is 2.49. The molecule has 4 nitrogen and oxygen atoms in total. The van der Waals surface area contributed by atoms with Gasteiger partial charge in [-0.2, -0.15) is 4.31 Å². The van der Waals surface area contributed by atoms with Crippen molar-refractivity contribution in [2.45, 2.75) is 17.9 Å². The zero-order chi connectivity index (χ0) is 16.3. The topological polar surface area (TPSA) is 57.6 Å². The second-order valence-electron chi connectivity index (χ2n) is 5.17. The number of aliphatic hydroxyl groups is 1. The van der Waals surface area contributed by atoms with Crippen LogP contribution in [0.4, 0.5) is 4.39 Å². The monoisotopic (exact) mass is 323 g/mol. The van der Waals surface area contributed by atoms with Crippen molar-refractivity contribution >= 4 is 10.0 Å². The van der Waals surface area contributed by atoms with Crippen molar-refractivity contribution in [2.75, 3.05) is 13.6 Å². The SMILES string of the molecule is Cc1ccc(C(O)CN(C)S(=O)(=O)c2ccc(F)cc2)cc1. The molecule has 6 heteroatoms. The minimum Gasteiger partial charge on any atom is -0.387 e. The summed E-state index contributed by atoms with van der Waals surface area (Å²) >= 11 is 0. The number of aliphatic hydroxyl groups excluding tert-OH is 1. The smallest absolute Gasteiger partial charge is 0.242 e. The van der Waals surface area contributed by atoms with Gasteiger partial charge in [0.25, 0.3) is 0 Å². The Kier molecular flexibility index (Phi) is 4.95. The standard InChI is InChI=1S/C16H18FNO3S/c1-12-3-5-13(6-4-12)16(19)11-18(2)22(20,21)15-9-7-14(17)8-10-15/h3-10,16,19H,11H2,1-2H3. The number of rotatable bonds is 5.